The fourth-order valence-electron chi connectivity index (χ4n) is 2.36. The number of carbonyl (C=O) groups excluding carboxylic acids is 1. The molecule has 0 radical (unpaired) electrons. The van der Waals surface area contributed by atoms with Crippen molar-refractivity contribution in [3.05, 3.63) is 33.3 Å². The maximum Gasteiger partial charge on any atom is 0.252 e. The van der Waals surface area contributed by atoms with Crippen LogP contribution in [0.15, 0.2) is 22.7 Å². The molecule has 1 heterocycles. The van der Waals surface area contributed by atoms with Crippen LogP contribution in [0.2, 0.25) is 5.02 Å². The van der Waals surface area contributed by atoms with E-state index in [4.69, 9.17) is 11.6 Å². The minimum atomic E-state index is -0.0368. The molecule has 2 rings (SSSR count). The lowest BCUT2D eigenvalue weighted by Gasteiger charge is -2.35. The van der Waals surface area contributed by atoms with Gasteiger partial charge in [0, 0.05) is 28.1 Å². The summed E-state index contributed by atoms with van der Waals surface area (Å²) in [6, 6.07) is 5.99. The first-order valence-electron chi connectivity index (χ1n) is 6.43. The highest BCUT2D eigenvalue weighted by Gasteiger charge is 2.24. The minimum Gasteiger partial charge on any atom is -0.349 e. The van der Waals surface area contributed by atoms with Crippen LogP contribution >= 0.6 is 27.5 Å². The molecule has 19 heavy (non-hydrogen) atoms. The van der Waals surface area contributed by atoms with E-state index in [9.17, 15) is 4.79 Å². The molecule has 104 valence electrons. The Labute approximate surface area is 127 Å². The number of hydrogen-bond donors (Lipinski definition) is 1. The third kappa shape index (κ3) is 3.71. The number of nitrogens with zero attached hydrogens (tertiary/aromatic N) is 1. The van der Waals surface area contributed by atoms with E-state index in [2.05, 4.69) is 40.1 Å². The second-order valence-corrected chi connectivity index (χ2v) is 6.44. The lowest BCUT2D eigenvalue weighted by Crippen LogP contribution is -2.47. The number of halogens is 2. The highest BCUT2D eigenvalue weighted by atomic mass is 79.9. The zero-order valence-corrected chi connectivity index (χ0v) is 13.5. The van der Waals surface area contributed by atoms with Gasteiger partial charge in [0.05, 0.1) is 5.56 Å². The van der Waals surface area contributed by atoms with Crippen LogP contribution in [-0.2, 0) is 0 Å². The Morgan fingerprint density at radius 3 is 2.89 bits per heavy atom. The van der Waals surface area contributed by atoms with Crippen molar-refractivity contribution in [1.82, 2.24) is 10.2 Å². The molecule has 1 aliphatic heterocycles. The summed E-state index contributed by atoms with van der Waals surface area (Å²) in [5.41, 5.74) is 0.635. The highest BCUT2D eigenvalue weighted by Crippen LogP contribution is 2.22. The van der Waals surface area contributed by atoms with Crippen LogP contribution in [-0.4, -0.2) is 36.5 Å². The van der Waals surface area contributed by atoms with Crippen molar-refractivity contribution in [1.29, 1.82) is 0 Å². The number of piperidine rings is 1. The highest BCUT2D eigenvalue weighted by molar-refractivity contribution is 9.10. The Hall–Kier alpha value is -0.580. The molecule has 0 aromatic heterocycles. The van der Waals surface area contributed by atoms with Gasteiger partial charge in [-0.25, -0.2) is 0 Å². The van der Waals surface area contributed by atoms with Gasteiger partial charge >= 0.3 is 0 Å². The molecule has 3 nitrogen and oxygen atoms in total. The standard InChI is InChI=1S/C14H18BrClN2O/c1-9-7-11(5-6-18(9)2)17-14(19)12-4-3-10(16)8-13(12)15/h3-4,8-9,11H,5-7H2,1-2H3,(H,17,19). The van der Waals surface area contributed by atoms with Crippen molar-refractivity contribution in [2.75, 3.05) is 13.6 Å². The molecular formula is C14H18BrClN2O. The predicted octanol–water partition coefficient (Wildman–Crippen LogP) is 3.32. The second kappa shape index (κ2) is 6.25. The van der Waals surface area contributed by atoms with Crippen molar-refractivity contribution in [2.45, 2.75) is 31.8 Å². The Bertz CT molecular complexity index is 481. The molecule has 2 unspecified atom stereocenters. The molecule has 0 saturated carbocycles. The van der Waals surface area contributed by atoms with Crippen molar-refractivity contribution in [2.24, 2.45) is 0 Å². The van der Waals surface area contributed by atoms with E-state index in [1.165, 1.54) is 0 Å². The summed E-state index contributed by atoms with van der Waals surface area (Å²) >= 11 is 9.26. The Balaban J connectivity index is 2.01. The smallest absolute Gasteiger partial charge is 0.252 e. The van der Waals surface area contributed by atoms with E-state index in [1.54, 1.807) is 18.2 Å². The van der Waals surface area contributed by atoms with Crippen LogP contribution in [0.5, 0.6) is 0 Å². The Kier molecular flexibility index (Phi) is 4.87. The van der Waals surface area contributed by atoms with Gasteiger partial charge in [0.1, 0.15) is 0 Å². The molecule has 1 N–H and O–H groups in total. The topological polar surface area (TPSA) is 32.3 Å². The average Bonchev–Trinajstić information content (AvgIpc) is 2.33. The first-order valence-corrected chi connectivity index (χ1v) is 7.60. The van der Waals surface area contributed by atoms with Crippen molar-refractivity contribution >= 4 is 33.4 Å². The second-order valence-electron chi connectivity index (χ2n) is 5.15. The summed E-state index contributed by atoms with van der Waals surface area (Å²) in [4.78, 5) is 14.6. The lowest BCUT2D eigenvalue weighted by atomic mass is 9.98. The zero-order valence-electron chi connectivity index (χ0n) is 11.1. The van der Waals surface area contributed by atoms with Crippen LogP contribution in [0.25, 0.3) is 0 Å². The molecule has 1 amide bonds. The molecule has 5 heteroatoms. The maximum atomic E-state index is 12.2. The number of benzene rings is 1. The molecular weight excluding hydrogens is 328 g/mol. The van der Waals surface area contributed by atoms with Gasteiger partial charge in [-0.1, -0.05) is 11.6 Å². The van der Waals surface area contributed by atoms with Gasteiger partial charge in [0.15, 0.2) is 0 Å². The molecule has 1 fully saturated rings. The number of rotatable bonds is 2. The van der Waals surface area contributed by atoms with E-state index in [1.807, 2.05) is 0 Å². The lowest BCUT2D eigenvalue weighted by molar-refractivity contribution is 0.0896. The van der Waals surface area contributed by atoms with Gasteiger partial charge in [-0.2, -0.15) is 0 Å². The van der Waals surface area contributed by atoms with Crippen molar-refractivity contribution < 1.29 is 4.79 Å². The van der Waals surface area contributed by atoms with Gasteiger partial charge in [-0.3, -0.25) is 4.79 Å². The summed E-state index contributed by atoms with van der Waals surface area (Å²) in [5.74, 6) is -0.0368. The first kappa shape index (κ1) is 14.8. The van der Waals surface area contributed by atoms with Crippen LogP contribution < -0.4 is 5.32 Å². The number of hydrogen-bond acceptors (Lipinski definition) is 2. The minimum absolute atomic E-state index is 0.0368. The SMILES string of the molecule is CC1CC(NC(=O)c2ccc(Cl)cc2Br)CCN1C. The van der Waals surface area contributed by atoms with E-state index >= 15 is 0 Å². The molecule has 1 saturated heterocycles. The van der Waals surface area contributed by atoms with Crippen LogP contribution in [0.1, 0.15) is 30.1 Å². The summed E-state index contributed by atoms with van der Waals surface area (Å²) in [7, 11) is 2.12. The van der Waals surface area contributed by atoms with Gasteiger partial charge in [0.25, 0.3) is 5.91 Å². The molecule has 0 spiro atoms. The van der Waals surface area contributed by atoms with Gasteiger partial charge in [-0.15, -0.1) is 0 Å². The van der Waals surface area contributed by atoms with Crippen LogP contribution in [0.4, 0.5) is 0 Å². The number of amides is 1. The summed E-state index contributed by atoms with van der Waals surface area (Å²) in [6.07, 6.45) is 1.99. The van der Waals surface area contributed by atoms with Gasteiger partial charge in [-0.05, 0) is 60.9 Å². The predicted molar refractivity (Wildman–Crippen MR) is 81.7 cm³/mol. The zero-order chi connectivity index (χ0) is 14.0. The summed E-state index contributed by atoms with van der Waals surface area (Å²) in [6.45, 7) is 3.21. The largest absolute Gasteiger partial charge is 0.349 e. The van der Waals surface area contributed by atoms with E-state index < -0.39 is 0 Å². The molecule has 0 bridgehead atoms. The summed E-state index contributed by atoms with van der Waals surface area (Å²) < 4.78 is 0.735. The normalized spacial score (nSPS) is 24.2. The van der Waals surface area contributed by atoms with Crippen molar-refractivity contribution in [3.8, 4) is 0 Å². The molecule has 1 aromatic rings. The summed E-state index contributed by atoms with van der Waals surface area (Å²) in [5, 5.41) is 3.73. The number of carbonyl (C=O) groups is 1. The third-order valence-corrected chi connectivity index (χ3v) is 4.61. The molecule has 2 atom stereocenters. The average molecular weight is 346 g/mol. The maximum absolute atomic E-state index is 12.2. The van der Waals surface area contributed by atoms with E-state index in [0.29, 0.717) is 16.6 Å². The third-order valence-electron chi connectivity index (χ3n) is 3.72. The van der Waals surface area contributed by atoms with Gasteiger partial charge in [0.2, 0.25) is 0 Å². The number of likely N-dealkylation sites (tertiary alicyclic amines) is 1. The fourth-order valence-corrected chi connectivity index (χ4v) is 3.22. The van der Waals surface area contributed by atoms with E-state index in [-0.39, 0.29) is 11.9 Å². The van der Waals surface area contributed by atoms with Gasteiger partial charge < -0.3 is 10.2 Å². The fraction of sp³-hybridized carbons (Fsp3) is 0.500. The molecule has 1 aliphatic rings. The van der Waals surface area contributed by atoms with Crippen LogP contribution in [0.3, 0.4) is 0 Å². The first-order chi connectivity index (χ1) is 8.97. The van der Waals surface area contributed by atoms with Crippen LogP contribution in [0, 0.1) is 0 Å². The van der Waals surface area contributed by atoms with E-state index in [0.717, 1.165) is 23.9 Å². The molecule has 0 aliphatic carbocycles. The Morgan fingerprint density at radius 1 is 1.53 bits per heavy atom. The van der Waals surface area contributed by atoms with Crippen molar-refractivity contribution in [3.63, 3.8) is 0 Å². The monoisotopic (exact) mass is 344 g/mol. The molecule has 1 aromatic carbocycles. The number of nitrogens with one attached hydrogen (secondary N) is 1. The quantitative estimate of drug-likeness (QED) is 0.892. The Morgan fingerprint density at radius 2 is 2.26 bits per heavy atom.